The molecule has 0 radical (unpaired) electrons. The Labute approximate surface area is 107 Å². The lowest BCUT2D eigenvalue weighted by atomic mass is 9.94. The van der Waals surface area contributed by atoms with E-state index in [0.717, 1.165) is 5.56 Å². The number of anilines is 2. The lowest BCUT2D eigenvalue weighted by Gasteiger charge is -2.29. The topological polar surface area (TPSA) is 38.0 Å². The second-order valence-electron chi connectivity index (χ2n) is 4.82. The minimum atomic E-state index is -0.391. The lowest BCUT2D eigenvalue weighted by molar-refractivity contribution is 0.585. The Bertz CT molecular complexity index is 515. The van der Waals surface area contributed by atoms with Crippen LogP contribution in [0.15, 0.2) is 48.5 Å². The van der Waals surface area contributed by atoms with Gasteiger partial charge in [0.2, 0.25) is 0 Å². The van der Waals surface area contributed by atoms with Crippen molar-refractivity contribution in [2.45, 2.75) is 19.4 Å². The minimum absolute atomic E-state index is 0.334. The van der Waals surface area contributed by atoms with Gasteiger partial charge in [-0.15, -0.1) is 0 Å². The van der Waals surface area contributed by atoms with Crippen LogP contribution in [-0.4, -0.2) is 0 Å². The average Bonchev–Trinajstić information content (AvgIpc) is 2.35. The van der Waals surface area contributed by atoms with E-state index in [1.165, 1.54) is 6.07 Å². The Kier molecular flexibility index (Phi) is 3.24. The maximum Gasteiger partial charge on any atom is 0.148 e. The highest BCUT2D eigenvalue weighted by Gasteiger charge is 2.22. The summed E-state index contributed by atoms with van der Waals surface area (Å²) in [6.07, 6.45) is 0. The quantitative estimate of drug-likeness (QED) is 0.807. The highest BCUT2D eigenvalue weighted by molar-refractivity contribution is 5.67. The molecule has 0 fully saturated rings. The summed E-state index contributed by atoms with van der Waals surface area (Å²) in [4.78, 5) is 0. The molecule has 18 heavy (non-hydrogen) atoms. The molecule has 2 aromatic carbocycles. The van der Waals surface area contributed by atoms with E-state index in [0.29, 0.717) is 11.4 Å². The summed E-state index contributed by atoms with van der Waals surface area (Å²) in [6.45, 7) is 3.99. The number of hydrogen-bond donors (Lipinski definition) is 2. The predicted molar refractivity (Wildman–Crippen MR) is 73.9 cm³/mol. The molecular formula is C15H17FN2. The molecule has 0 amide bonds. The van der Waals surface area contributed by atoms with Crippen molar-refractivity contribution in [3.8, 4) is 0 Å². The molecule has 3 N–H and O–H groups in total. The van der Waals surface area contributed by atoms with Crippen LogP contribution >= 0.6 is 0 Å². The fourth-order valence-electron chi connectivity index (χ4n) is 1.91. The fraction of sp³-hybridized carbons (Fsp3) is 0.200. The first-order chi connectivity index (χ1) is 8.50. The lowest BCUT2D eigenvalue weighted by Crippen LogP contribution is -2.28. The van der Waals surface area contributed by atoms with Gasteiger partial charge in [0, 0.05) is 0 Å². The number of hydrogen-bond acceptors (Lipinski definition) is 2. The standard InChI is InChI=1S/C15H17FN2/c1-15(2,11-7-4-3-5-8-11)18-14-12(16)9-6-10-13(14)17/h3-10,18H,17H2,1-2H3. The normalized spacial score (nSPS) is 11.3. The van der Waals surface area contributed by atoms with Crippen molar-refractivity contribution < 1.29 is 4.39 Å². The maximum absolute atomic E-state index is 13.8. The third kappa shape index (κ3) is 2.45. The third-order valence-corrected chi connectivity index (χ3v) is 2.98. The Balaban J connectivity index is 2.34. The molecule has 0 bridgehead atoms. The van der Waals surface area contributed by atoms with Crippen LogP contribution < -0.4 is 11.1 Å². The van der Waals surface area contributed by atoms with Crippen LogP contribution in [0.2, 0.25) is 0 Å². The summed E-state index contributed by atoms with van der Waals surface area (Å²) in [5, 5.41) is 3.17. The highest BCUT2D eigenvalue weighted by atomic mass is 19.1. The first-order valence-electron chi connectivity index (χ1n) is 5.88. The van der Waals surface area contributed by atoms with E-state index >= 15 is 0 Å². The second kappa shape index (κ2) is 4.69. The van der Waals surface area contributed by atoms with Gasteiger partial charge in [-0.2, -0.15) is 0 Å². The van der Waals surface area contributed by atoms with Crippen molar-refractivity contribution in [1.82, 2.24) is 0 Å². The average molecular weight is 244 g/mol. The molecule has 0 atom stereocenters. The molecule has 0 aliphatic carbocycles. The molecule has 0 unspecified atom stereocenters. The number of nitrogen functional groups attached to an aromatic ring is 1. The van der Waals surface area contributed by atoms with E-state index in [1.54, 1.807) is 12.1 Å². The molecule has 2 nitrogen and oxygen atoms in total. The molecule has 0 aliphatic rings. The molecule has 0 aliphatic heterocycles. The SMILES string of the molecule is CC(C)(Nc1c(N)cccc1F)c1ccccc1. The van der Waals surface area contributed by atoms with E-state index in [2.05, 4.69) is 5.32 Å². The summed E-state index contributed by atoms with van der Waals surface area (Å²) in [6, 6.07) is 14.6. The number of nitrogens with one attached hydrogen (secondary N) is 1. The van der Waals surface area contributed by atoms with E-state index in [4.69, 9.17) is 5.73 Å². The van der Waals surface area contributed by atoms with Gasteiger partial charge in [-0.05, 0) is 31.5 Å². The molecule has 0 saturated carbocycles. The summed E-state index contributed by atoms with van der Waals surface area (Å²) in [5.41, 5.74) is 7.26. The van der Waals surface area contributed by atoms with Crippen LogP contribution in [0.5, 0.6) is 0 Å². The van der Waals surface area contributed by atoms with Crippen molar-refractivity contribution in [2.75, 3.05) is 11.1 Å². The zero-order valence-corrected chi connectivity index (χ0v) is 10.6. The second-order valence-corrected chi connectivity index (χ2v) is 4.82. The molecular weight excluding hydrogens is 227 g/mol. The van der Waals surface area contributed by atoms with Gasteiger partial charge in [0.25, 0.3) is 0 Å². The molecule has 94 valence electrons. The van der Waals surface area contributed by atoms with E-state index < -0.39 is 5.54 Å². The first kappa shape index (κ1) is 12.4. The number of benzene rings is 2. The van der Waals surface area contributed by atoms with Gasteiger partial charge in [0.15, 0.2) is 0 Å². The summed E-state index contributed by atoms with van der Waals surface area (Å²) in [5.74, 6) is -0.334. The molecule has 0 heterocycles. The summed E-state index contributed by atoms with van der Waals surface area (Å²) < 4.78 is 13.8. The van der Waals surface area contributed by atoms with Crippen molar-refractivity contribution in [1.29, 1.82) is 0 Å². The van der Waals surface area contributed by atoms with Crippen molar-refractivity contribution >= 4 is 11.4 Å². The Morgan fingerprint density at radius 3 is 2.28 bits per heavy atom. The van der Waals surface area contributed by atoms with E-state index in [-0.39, 0.29) is 5.82 Å². The van der Waals surface area contributed by atoms with Gasteiger partial charge < -0.3 is 11.1 Å². The molecule has 0 spiro atoms. The van der Waals surface area contributed by atoms with Crippen molar-refractivity contribution in [3.05, 3.63) is 59.9 Å². The smallest absolute Gasteiger partial charge is 0.148 e. The number of para-hydroxylation sites is 1. The number of halogens is 1. The zero-order valence-electron chi connectivity index (χ0n) is 10.6. The Morgan fingerprint density at radius 2 is 1.67 bits per heavy atom. The molecule has 2 rings (SSSR count). The molecule has 0 aromatic heterocycles. The van der Waals surface area contributed by atoms with Crippen LogP contribution in [0.1, 0.15) is 19.4 Å². The summed E-state index contributed by atoms with van der Waals surface area (Å²) in [7, 11) is 0. The third-order valence-electron chi connectivity index (χ3n) is 2.98. The largest absolute Gasteiger partial charge is 0.397 e. The minimum Gasteiger partial charge on any atom is -0.397 e. The highest BCUT2D eigenvalue weighted by Crippen LogP contribution is 2.30. The van der Waals surface area contributed by atoms with Crippen molar-refractivity contribution in [3.63, 3.8) is 0 Å². The monoisotopic (exact) mass is 244 g/mol. The zero-order chi connectivity index (χ0) is 13.2. The van der Waals surface area contributed by atoms with E-state index in [9.17, 15) is 4.39 Å². The van der Waals surface area contributed by atoms with Gasteiger partial charge >= 0.3 is 0 Å². The van der Waals surface area contributed by atoms with Gasteiger partial charge in [0.05, 0.1) is 16.9 Å². The molecule has 3 heteroatoms. The number of nitrogens with two attached hydrogens (primary N) is 1. The maximum atomic E-state index is 13.8. The molecule has 0 saturated heterocycles. The first-order valence-corrected chi connectivity index (χ1v) is 5.88. The van der Waals surface area contributed by atoms with Gasteiger partial charge in [-0.25, -0.2) is 4.39 Å². The Hall–Kier alpha value is -2.03. The number of rotatable bonds is 3. The molecule has 2 aromatic rings. The van der Waals surface area contributed by atoms with Gasteiger partial charge in [-0.3, -0.25) is 0 Å². The van der Waals surface area contributed by atoms with Gasteiger partial charge in [0.1, 0.15) is 5.82 Å². The fourth-order valence-corrected chi connectivity index (χ4v) is 1.91. The summed E-state index contributed by atoms with van der Waals surface area (Å²) >= 11 is 0. The van der Waals surface area contributed by atoms with E-state index in [1.807, 2.05) is 44.2 Å². The van der Waals surface area contributed by atoms with Crippen molar-refractivity contribution in [2.24, 2.45) is 0 Å². The van der Waals surface area contributed by atoms with Crippen LogP contribution in [0, 0.1) is 5.82 Å². The Morgan fingerprint density at radius 1 is 1.00 bits per heavy atom. The van der Waals surface area contributed by atoms with Crippen LogP contribution in [0.25, 0.3) is 0 Å². The van der Waals surface area contributed by atoms with Crippen LogP contribution in [0.4, 0.5) is 15.8 Å². The van der Waals surface area contributed by atoms with Crippen LogP contribution in [-0.2, 0) is 5.54 Å². The van der Waals surface area contributed by atoms with Gasteiger partial charge in [-0.1, -0.05) is 36.4 Å². The predicted octanol–water partition coefficient (Wildman–Crippen LogP) is 3.76. The van der Waals surface area contributed by atoms with Crippen LogP contribution in [0.3, 0.4) is 0 Å².